The average Bonchev–Trinajstić information content (AvgIpc) is 3.00. The largest absolute Gasteiger partial charge is 0.491 e. The van der Waals surface area contributed by atoms with Crippen molar-refractivity contribution in [1.29, 1.82) is 0 Å². The molecule has 0 saturated heterocycles. The van der Waals surface area contributed by atoms with Crippen molar-refractivity contribution < 1.29 is 29.6 Å². The molecule has 0 amide bonds. The molecule has 0 radical (unpaired) electrons. The molecule has 0 aliphatic heterocycles. The topological polar surface area (TPSA) is 96.2 Å². The van der Waals surface area contributed by atoms with E-state index < -0.39 is 18.3 Å². The molecular formula is C25H36O6. The Morgan fingerprint density at radius 1 is 1.16 bits per heavy atom. The molecular weight excluding hydrogens is 396 g/mol. The average molecular weight is 433 g/mol. The predicted octanol–water partition coefficient (Wildman–Crippen LogP) is 3.41. The van der Waals surface area contributed by atoms with Crippen molar-refractivity contribution in [3.05, 3.63) is 54.6 Å². The fourth-order valence-corrected chi connectivity index (χ4v) is 3.77. The molecule has 1 fully saturated rings. The number of esters is 1. The van der Waals surface area contributed by atoms with Crippen molar-refractivity contribution in [3.63, 3.8) is 0 Å². The lowest BCUT2D eigenvalue weighted by atomic mass is 9.89. The van der Waals surface area contributed by atoms with Crippen LogP contribution < -0.4 is 4.74 Å². The molecule has 172 valence electrons. The molecule has 1 aromatic carbocycles. The minimum Gasteiger partial charge on any atom is -0.491 e. The van der Waals surface area contributed by atoms with E-state index in [1.165, 1.54) is 0 Å². The quantitative estimate of drug-likeness (QED) is 0.266. The van der Waals surface area contributed by atoms with Crippen molar-refractivity contribution in [1.82, 2.24) is 0 Å². The van der Waals surface area contributed by atoms with Gasteiger partial charge in [-0.25, -0.2) is 0 Å². The molecule has 3 N–H and O–H groups in total. The summed E-state index contributed by atoms with van der Waals surface area (Å²) in [5, 5.41) is 30.8. The van der Waals surface area contributed by atoms with Crippen LogP contribution in [0, 0.1) is 11.8 Å². The number of hydrogen-bond donors (Lipinski definition) is 3. The SMILES string of the molecule is CC(C)OC(=O)CCC/C=C\C[C@@H]1[C@@H](/C=C/[C@@H](O)COc2ccccc2)[C@H](O)C[C@@H]1O. The van der Waals surface area contributed by atoms with Gasteiger partial charge in [-0.3, -0.25) is 4.79 Å². The van der Waals surface area contributed by atoms with Gasteiger partial charge in [0.1, 0.15) is 18.5 Å². The van der Waals surface area contributed by atoms with E-state index in [0.717, 1.165) is 12.8 Å². The van der Waals surface area contributed by atoms with Gasteiger partial charge in [-0.2, -0.15) is 0 Å². The van der Waals surface area contributed by atoms with Gasteiger partial charge in [-0.05, 0) is 51.2 Å². The van der Waals surface area contributed by atoms with Crippen molar-refractivity contribution >= 4 is 5.97 Å². The van der Waals surface area contributed by atoms with Gasteiger partial charge in [-0.1, -0.05) is 42.5 Å². The Morgan fingerprint density at radius 3 is 2.61 bits per heavy atom. The van der Waals surface area contributed by atoms with E-state index >= 15 is 0 Å². The van der Waals surface area contributed by atoms with Gasteiger partial charge in [0.25, 0.3) is 0 Å². The zero-order valence-electron chi connectivity index (χ0n) is 18.5. The lowest BCUT2D eigenvalue weighted by Crippen LogP contribution is -2.21. The Balaban J connectivity index is 1.77. The summed E-state index contributed by atoms with van der Waals surface area (Å²) in [5.41, 5.74) is 0. The maximum atomic E-state index is 11.5. The Labute approximate surface area is 185 Å². The second kappa shape index (κ2) is 13.3. The smallest absolute Gasteiger partial charge is 0.306 e. The van der Waals surface area contributed by atoms with Crippen LogP contribution in [0.4, 0.5) is 0 Å². The molecule has 2 rings (SSSR count). The molecule has 31 heavy (non-hydrogen) atoms. The minimum atomic E-state index is -0.799. The van der Waals surface area contributed by atoms with Crippen LogP contribution in [-0.2, 0) is 9.53 Å². The lowest BCUT2D eigenvalue weighted by Gasteiger charge is -2.19. The van der Waals surface area contributed by atoms with Gasteiger partial charge in [-0.15, -0.1) is 0 Å². The molecule has 0 spiro atoms. The number of aliphatic hydroxyl groups is 3. The molecule has 6 nitrogen and oxygen atoms in total. The van der Waals surface area contributed by atoms with E-state index in [4.69, 9.17) is 9.47 Å². The number of carbonyl (C=O) groups is 1. The third-order valence-electron chi connectivity index (χ3n) is 5.33. The molecule has 1 aromatic rings. The molecule has 0 aromatic heterocycles. The number of allylic oxidation sites excluding steroid dienone is 2. The third kappa shape index (κ3) is 9.25. The van der Waals surface area contributed by atoms with Gasteiger partial charge < -0.3 is 24.8 Å². The van der Waals surface area contributed by atoms with Crippen LogP contribution in [0.1, 0.15) is 46.0 Å². The summed E-state index contributed by atoms with van der Waals surface area (Å²) in [6.07, 6.45) is 8.12. The Hall–Kier alpha value is -2.15. The van der Waals surface area contributed by atoms with Gasteiger partial charge in [0.05, 0.1) is 18.3 Å². The number of hydrogen-bond acceptors (Lipinski definition) is 6. The summed E-state index contributed by atoms with van der Waals surface area (Å²) >= 11 is 0. The number of aliphatic hydroxyl groups excluding tert-OH is 3. The standard InChI is InChI=1S/C25H36O6/c1-18(2)31-25(29)13-9-4-3-8-12-21-22(24(28)16-23(21)27)15-14-19(26)17-30-20-10-6-5-7-11-20/h3,5-8,10-11,14-15,18-19,21-24,26-28H,4,9,12-13,16-17H2,1-2H3/b8-3-,15-14+/t19-,21-,22-,23+,24-/m1/s1. The molecule has 5 atom stereocenters. The lowest BCUT2D eigenvalue weighted by molar-refractivity contribution is -0.147. The van der Waals surface area contributed by atoms with E-state index in [9.17, 15) is 20.1 Å². The van der Waals surface area contributed by atoms with Crippen molar-refractivity contribution in [2.45, 2.75) is 70.4 Å². The summed E-state index contributed by atoms with van der Waals surface area (Å²) in [5.74, 6) is 0.159. The molecule has 0 bridgehead atoms. The van der Waals surface area contributed by atoms with E-state index in [0.29, 0.717) is 25.0 Å². The second-order valence-electron chi connectivity index (χ2n) is 8.33. The highest BCUT2D eigenvalue weighted by molar-refractivity contribution is 5.69. The van der Waals surface area contributed by atoms with Gasteiger partial charge in [0.15, 0.2) is 0 Å². The minimum absolute atomic E-state index is 0.0910. The summed E-state index contributed by atoms with van der Waals surface area (Å²) in [7, 11) is 0. The first-order valence-electron chi connectivity index (χ1n) is 11.1. The molecule has 1 aliphatic rings. The van der Waals surface area contributed by atoms with E-state index in [-0.39, 0.29) is 30.5 Å². The zero-order chi connectivity index (χ0) is 22.6. The number of benzene rings is 1. The van der Waals surface area contributed by atoms with Crippen LogP contribution >= 0.6 is 0 Å². The summed E-state index contributed by atoms with van der Waals surface area (Å²) < 4.78 is 10.6. The van der Waals surface area contributed by atoms with Crippen LogP contribution in [0.3, 0.4) is 0 Å². The Bertz CT molecular complexity index is 699. The Kier molecular flexibility index (Phi) is 10.8. The number of para-hydroxylation sites is 1. The van der Waals surface area contributed by atoms with Crippen LogP contribution in [-0.4, -0.2) is 52.3 Å². The maximum Gasteiger partial charge on any atom is 0.306 e. The van der Waals surface area contributed by atoms with Crippen molar-refractivity contribution in [2.24, 2.45) is 11.8 Å². The van der Waals surface area contributed by atoms with Gasteiger partial charge in [0, 0.05) is 18.8 Å². The summed E-state index contributed by atoms with van der Waals surface area (Å²) in [6, 6.07) is 9.27. The fourth-order valence-electron chi connectivity index (χ4n) is 3.77. The summed E-state index contributed by atoms with van der Waals surface area (Å²) in [4.78, 5) is 11.5. The van der Waals surface area contributed by atoms with Crippen LogP contribution in [0.5, 0.6) is 5.75 Å². The van der Waals surface area contributed by atoms with E-state index in [1.807, 2.05) is 56.3 Å². The maximum absolute atomic E-state index is 11.5. The molecule has 1 aliphatic carbocycles. The van der Waals surface area contributed by atoms with Gasteiger partial charge in [0.2, 0.25) is 0 Å². The zero-order valence-corrected chi connectivity index (χ0v) is 18.5. The monoisotopic (exact) mass is 432 g/mol. The molecule has 0 heterocycles. The highest BCUT2D eigenvalue weighted by Crippen LogP contribution is 2.36. The highest BCUT2D eigenvalue weighted by Gasteiger charge is 2.39. The summed E-state index contributed by atoms with van der Waals surface area (Å²) in [6.45, 7) is 3.79. The second-order valence-corrected chi connectivity index (χ2v) is 8.33. The fraction of sp³-hybridized carbons (Fsp3) is 0.560. The van der Waals surface area contributed by atoms with E-state index in [2.05, 4.69) is 0 Å². The highest BCUT2D eigenvalue weighted by atomic mass is 16.5. The van der Waals surface area contributed by atoms with Crippen LogP contribution in [0.15, 0.2) is 54.6 Å². The van der Waals surface area contributed by atoms with Gasteiger partial charge >= 0.3 is 5.97 Å². The van der Waals surface area contributed by atoms with Crippen LogP contribution in [0.25, 0.3) is 0 Å². The molecule has 1 saturated carbocycles. The first-order chi connectivity index (χ1) is 14.9. The van der Waals surface area contributed by atoms with Crippen molar-refractivity contribution in [3.8, 4) is 5.75 Å². The predicted molar refractivity (Wildman–Crippen MR) is 120 cm³/mol. The Morgan fingerprint density at radius 2 is 1.90 bits per heavy atom. The number of ether oxygens (including phenoxy) is 2. The van der Waals surface area contributed by atoms with Crippen molar-refractivity contribution in [2.75, 3.05) is 6.61 Å². The van der Waals surface area contributed by atoms with Crippen LogP contribution in [0.2, 0.25) is 0 Å². The number of carbonyl (C=O) groups excluding carboxylic acids is 1. The first kappa shape index (κ1) is 25.1. The first-order valence-corrected chi connectivity index (χ1v) is 11.1. The normalized spacial score (nSPS) is 24.8. The number of unbranched alkanes of at least 4 members (excludes halogenated alkanes) is 1. The van der Waals surface area contributed by atoms with E-state index in [1.54, 1.807) is 12.2 Å². The molecule has 6 heteroatoms. The molecule has 0 unspecified atom stereocenters. The number of rotatable bonds is 12. The third-order valence-corrected chi connectivity index (χ3v) is 5.33.